The molecule has 3 nitrogen and oxygen atoms in total. The van der Waals surface area contributed by atoms with Gasteiger partial charge in [-0.1, -0.05) is 97.0 Å². The number of hydrogen-bond acceptors (Lipinski definition) is 5. The summed E-state index contributed by atoms with van der Waals surface area (Å²) in [6.45, 7) is 6.29. The fourth-order valence-corrected chi connectivity index (χ4v) is 6.72. The SMILES string of the molecule is CC.COc1ccc(C(OC2CSSCC2C)(c2ccccc2)c2ccc(OC)cc2)cc1. The summed E-state index contributed by atoms with van der Waals surface area (Å²) in [4.78, 5) is 0. The molecule has 33 heavy (non-hydrogen) atoms. The lowest BCUT2D eigenvalue weighted by Crippen LogP contribution is -2.41. The summed E-state index contributed by atoms with van der Waals surface area (Å²) in [5.74, 6) is 4.18. The van der Waals surface area contributed by atoms with E-state index in [4.69, 9.17) is 14.2 Å². The normalized spacial score (nSPS) is 18.1. The second kappa shape index (κ2) is 12.4. The summed E-state index contributed by atoms with van der Waals surface area (Å²) in [5.41, 5.74) is 2.54. The van der Waals surface area contributed by atoms with E-state index in [1.54, 1.807) is 14.2 Å². The lowest BCUT2D eigenvalue weighted by atomic mass is 9.79. The molecule has 0 aliphatic carbocycles. The lowest BCUT2D eigenvalue weighted by molar-refractivity contribution is -0.0555. The molecule has 1 fully saturated rings. The van der Waals surface area contributed by atoms with E-state index in [-0.39, 0.29) is 6.10 Å². The highest BCUT2D eigenvalue weighted by molar-refractivity contribution is 8.76. The zero-order valence-electron chi connectivity index (χ0n) is 20.1. The molecule has 1 aliphatic heterocycles. The van der Waals surface area contributed by atoms with Crippen LogP contribution in [0.1, 0.15) is 37.5 Å². The molecule has 1 saturated heterocycles. The average molecular weight is 483 g/mol. The van der Waals surface area contributed by atoms with Gasteiger partial charge in [0.1, 0.15) is 17.1 Å². The van der Waals surface area contributed by atoms with Crippen molar-refractivity contribution in [1.82, 2.24) is 0 Å². The van der Waals surface area contributed by atoms with Gasteiger partial charge in [0.25, 0.3) is 0 Å². The van der Waals surface area contributed by atoms with Gasteiger partial charge in [0.15, 0.2) is 0 Å². The molecule has 2 atom stereocenters. The fourth-order valence-electron chi connectivity index (χ4n) is 3.95. The maximum atomic E-state index is 7.18. The fraction of sp³-hybridized carbons (Fsp3) is 0.357. The molecule has 176 valence electrons. The molecule has 0 amide bonds. The third kappa shape index (κ3) is 5.71. The van der Waals surface area contributed by atoms with E-state index in [0.29, 0.717) is 5.92 Å². The third-order valence-electron chi connectivity index (χ3n) is 5.78. The molecule has 1 aliphatic rings. The highest BCUT2D eigenvalue weighted by atomic mass is 33.1. The van der Waals surface area contributed by atoms with Crippen molar-refractivity contribution >= 4 is 21.6 Å². The molecule has 0 bridgehead atoms. The summed E-state index contributed by atoms with van der Waals surface area (Å²) in [5, 5.41) is 0. The second-order valence-corrected chi connectivity index (χ2v) is 10.3. The van der Waals surface area contributed by atoms with Crippen LogP contribution in [-0.2, 0) is 10.3 Å². The molecule has 1 heterocycles. The van der Waals surface area contributed by atoms with Crippen LogP contribution in [0.3, 0.4) is 0 Å². The Morgan fingerprint density at radius 3 is 1.58 bits per heavy atom. The van der Waals surface area contributed by atoms with Crippen LogP contribution in [0, 0.1) is 5.92 Å². The van der Waals surface area contributed by atoms with Crippen molar-refractivity contribution in [1.29, 1.82) is 0 Å². The molecule has 5 heteroatoms. The first-order valence-corrected chi connectivity index (χ1v) is 13.9. The Bertz CT molecular complexity index is 911. The zero-order valence-corrected chi connectivity index (χ0v) is 21.7. The van der Waals surface area contributed by atoms with Crippen molar-refractivity contribution in [3.63, 3.8) is 0 Å². The van der Waals surface area contributed by atoms with Gasteiger partial charge >= 0.3 is 0 Å². The summed E-state index contributed by atoms with van der Waals surface area (Å²) in [6, 6.07) is 27.0. The standard InChI is InChI=1S/C26H28O3S2.C2H6/c1-19-17-30-31-18-25(19)29-26(20-7-5-4-6-8-20,21-9-13-23(27-2)14-10-21)22-11-15-24(28-3)16-12-22;1-2/h4-16,19,25H,17-18H2,1-3H3;1-2H3. The van der Waals surface area contributed by atoms with Gasteiger partial charge in [0, 0.05) is 11.5 Å². The Morgan fingerprint density at radius 1 is 0.667 bits per heavy atom. The molecular formula is C28H34O3S2. The van der Waals surface area contributed by atoms with Crippen LogP contribution in [0.4, 0.5) is 0 Å². The Kier molecular flexibility index (Phi) is 9.60. The molecule has 0 aromatic heterocycles. The van der Waals surface area contributed by atoms with Gasteiger partial charge in [-0.15, -0.1) is 0 Å². The van der Waals surface area contributed by atoms with Crippen LogP contribution in [0.15, 0.2) is 78.9 Å². The van der Waals surface area contributed by atoms with Crippen LogP contribution in [0.2, 0.25) is 0 Å². The van der Waals surface area contributed by atoms with Crippen molar-refractivity contribution in [2.24, 2.45) is 5.92 Å². The van der Waals surface area contributed by atoms with Gasteiger partial charge in [-0.3, -0.25) is 0 Å². The van der Waals surface area contributed by atoms with Gasteiger partial charge in [-0.05, 0) is 46.9 Å². The van der Waals surface area contributed by atoms with E-state index < -0.39 is 5.60 Å². The molecule has 0 N–H and O–H groups in total. The first-order chi connectivity index (χ1) is 16.2. The van der Waals surface area contributed by atoms with E-state index in [1.807, 2.05) is 65.8 Å². The number of benzene rings is 3. The largest absolute Gasteiger partial charge is 0.497 e. The van der Waals surface area contributed by atoms with Gasteiger partial charge in [0.2, 0.25) is 0 Å². The number of methoxy groups -OCH3 is 2. The maximum absolute atomic E-state index is 7.18. The molecule has 0 radical (unpaired) electrons. The van der Waals surface area contributed by atoms with Gasteiger partial charge in [0.05, 0.1) is 20.3 Å². The quantitative estimate of drug-likeness (QED) is 0.258. The van der Waals surface area contributed by atoms with Crippen molar-refractivity contribution in [3.8, 4) is 11.5 Å². The van der Waals surface area contributed by atoms with E-state index in [9.17, 15) is 0 Å². The second-order valence-electron chi connectivity index (χ2n) is 7.71. The molecule has 2 unspecified atom stereocenters. The minimum atomic E-state index is -0.735. The molecular weight excluding hydrogens is 448 g/mol. The van der Waals surface area contributed by atoms with E-state index in [2.05, 4.69) is 55.5 Å². The third-order valence-corrected chi connectivity index (χ3v) is 8.39. The minimum absolute atomic E-state index is 0.135. The number of ether oxygens (including phenoxy) is 3. The van der Waals surface area contributed by atoms with E-state index in [0.717, 1.165) is 39.7 Å². The lowest BCUT2D eigenvalue weighted by Gasteiger charge is -2.41. The minimum Gasteiger partial charge on any atom is -0.497 e. The van der Waals surface area contributed by atoms with Crippen molar-refractivity contribution < 1.29 is 14.2 Å². The monoisotopic (exact) mass is 482 g/mol. The summed E-state index contributed by atoms with van der Waals surface area (Å²) >= 11 is 0. The Balaban J connectivity index is 0.00000149. The van der Waals surface area contributed by atoms with Gasteiger partial charge in [-0.2, -0.15) is 0 Å². The van der Waals surface area contributed by atoms with E-state index in [1.165, 1.54) is 0 Å². The first kappa shape index (κ1) is 25.5. The Labute approximate surface area is 206 Å². The summed E-state index contributed by atoms with van der Waals surface area (Å²) in [6.07, 6.45) is 0.135. The van der Waals surface area contributed by atoms with Gasteiger partial charge in [-0.25, -0.2) is 0 Å². The molecule has 0 spiro atoms. The molecule has 3 aromatic carbocycles. The predicted octanol–water partition coefficient (Wildman–Crippen LogP) is 7.44. The summed E-state index contributed by atoms with van der Waals surface area (Å²) in [7, 11) is 7.22. The van der Waals surface area contributed by atoms with Crippen LogP contribution < -0.4 is 9.47 Å². The predicted molar refractivity (Wildman–Crippen MR) is 143 cm³/mol. The van der Waals surface area contributed by atoms with E-state index >= 15 is 0 Å². The maximum Gasteiger partial charge on any atom is 0.144 e. The Morgan fingerprint density at radius 2 is 1.12 bits per heavy atom. The van der Waals surface area contributed by atoms with Crippen LogP contribution >= 0.6 is 21.6 Å². The highest BCUT2D eigenvalue weighted by Gasteiger charge is 2.41. The number of rotatable bonds is 7. The average Bonchev–Trinajstić information content (AvgIpc) is 2.90. The summed E-state index contributed by atoms with van der Waals surface area (Å²) < 4.78 is 18.0. The van der Waals surface area contributed by atoms with Crippen LogP contribution in [-0.4, -0.2) is 31.8 Å². The van der Waals surface area contributed by atoms with Crippen molar-refractivity contribution in [2.45, 2.75) is 32.5 Å². The molecule has 4 rings (SSSR count). The van der Waals surface area contributed by atoms with Crippen LogP contribution in [0.25, 0.3) is 0 Å². The number of hydrogen-bond donors (Lipinski definition) is 0. The highest BCUT2D eigenvalue weighted by Crippen LogP contribution is 2.45. The first-order valence-electron chi connectivity index (χ1n) is 11.4. The molecule has 3 aromatic rings. The van der Waals surface area contributed by atoms with Crippen molar-refractivity contribution in [2.75, 3.05) is 25.7 Å². The zero-order chi connectivity index (χ0) is 23.7. The molecule has 0 saturated carbocycles. The Hall–Kier alpha value is -2.08. The van der Waals surface area contributed by atoms with Crippen molar-refractivity contribution in [3.05, 3.63) is 95.6 Å². The topological polar surface area (TPSA) is 27.7 Å². The van der Waals surface area contributed by atoms with Crippen LogP contribution in [0.5, 0.6) is 11.5 Å². The smallest absolute Gasteiger partial charge is 0.144 e. The van der Waals surface area contributed by atoms with Gasteiger partial charge < -0.3 is 14.2 Å².